The molecule has 0 spiro atoms. The maximum absolute atomic E-state index is 13.5. The first-order chi connectivity index (χ1) is 20.6. The van der Waals surface area contributed by atoms with E-state index < -0.39 is 5.60 Å². The first kappa shape index (κ1) is 34.1. The van der Waals surface area contributed by atoms with E-state index in [1.165, 1.54) is 11.3 Å². The molecule has 2 aromatic carbocycles. The molecule has 3 heterocycles. The first-order valence-corrected chi connectivity index (χ1v) is 15.3. The highest BCUT2D eigenvalue weighted by Crippen LogP contribution is 2.46. The second-order valence-corrected chi connectivity index (χ2v) is 13.0. The smallest absolute Gasteiger partial charge is 0.331 e. The van der Waals surface area contributed by atoms with E-state index in [4.69, 9.17) is 9.47 Å². The van der Waals surface area contributed by atoms with Gasteiger partial charge in [0.05, 0.1) is 22.4 Å². The van der Waals surface area contributed by atoms with E-state index in [9.17, 15) is 14.4 Å². The summed E-state index contributed by atoms with van der Waals surface area (Å²) in [4.78, 5) is 46.4. The standard InChI is InChI=1S/C33H34N4O5S.2H2S/c1-33(2,3)42-26(38)19-20-9-11-21(12-10-20)35-30(39)29-28-27-25(17-18-34-31(27)43-29)37(32(40)36-28)22-13-15-24(16-14-22)41-23-7-5-4-6-8-23;;/h4-8,13-18,20-21H,9-12,19H2,1-3H3,(H,35,39)(H,36,40);2*1H2. The summed E-state index contributed by atoms with van der Waals surface area (Å²) in [5, 5.41) is 6.85. The highest BCUT2D eigenvalue weighted by molar-refractivity contribution is 7.59. The number of benzene rings is 2. The van der Waals surface area contributed by atoms with Crippen LogP contribution in [0.4, 0.5) is 21.9 Å². The van der Waals surface area contributed by atoms with Crippen LogP contribution in [0.1, 0.15) is 62.5 Å². The Bertz CT molecular complexity index is 1660. The number of nitrogens with zero attached hydrogens (tertiary/aromatic N) is 2. The third kappa shape index (κ3) is 7.74. The van der Waals surface area contributed by atoms with E-state index in [0.29, 0.717) is 38.9 Å². The van der Waals surface area contributed by atoms with E-state index in [-0.39, 0.29) is 56.9 Å². The van der Waals surface area contributed by atoms with Gasteiger partial charge in [0.25, 0.3) is 5.91 Å². The minimum absolute atomic E-state index is 0. The molecule has 2 aromatic heterocycles. The molecule has 1 aliphatic carbocycles. The van der Waals surface area contributed by atoms with Crippen LogP contribution in [0.2, 0.25) is 0 Å². The van der Waals surface area contributed by atoms with Gasteiger partial charge in [0.15, 0.2) is 0 Å². The number of esters is 1. The molecule has 0 atom stereocenters. The maximum Gasteiger partial charge on any atom is 0.331 e. The van der Waals surface area contributed by atoms with Crippen LogP contribution < -0.4 is 20.3 Å². The lowest BCUT2D eigenvalue weighted by atomic mass is 9.84. The number of rotatable bonds is 7. The number of para-hydroxylation sites is 1. The molecule has 3 amide bonds. The van der Waals surface area contributed by atoms with Gasteiger partial charge in [-0.05, 0) is 94.8 Å². The van der Waals surface area contributed by atoms with Crippen LogP contribution in [0.25, 0.3) is 10.2 Å². The number of thiophene rings is 1. The van der Waals surface area contributed by atoms with Crippen LogP contribution in [0.15, 0.2) is 66.9 Å². The van der Waals surface area contributed by atoms with Gasteiger partial charge in [-0.15, -0.1) is 11.3 Å². The molecule has 1 fully saturated rings. The van der Waals surface area contributed by atoms with Gasteiger partial charge in [-0.25, -0.2) is 9.78 Å². The van der Waals surface area contributed by atoms with Crippen LogP contribution in [0, 0.1) is 5.92 Å². The van der Waals surface area contributed by atoms with Crippen molar-refractivity contribution in [1.82, 2.24) is 10.3 Å². The van der Waals surface area contributed by atoms with E-state index >= 15 is 0 Å². The average Bonchev–Trinajstić information content (AvgIpc) is 3.34. The molecular weight excluding hydrogens is 629 g/mol. The van der Waals surface area contributed by atoms with E-state index in [1.807, 2.05) is 75.4 Å². The molecule has 1 saturated carbocycles. The molecule has 6 rings (SSSR count). The zero-order valence-electron chi connectivity index (χ0n) is 25.4. The van der Waals surface area contributed by atoms with E-state index in [2.05, 4.69) is 15.6 Å². The zero-order chi connectivity index (χ0) is 30.1. The molecular formula is C33H38N4O5S3. The summed E-state index contributed by atoms with van der Waals surface area (Å²) in [6, 6.07) is 18.2. The summed E-state index contributed by atoms with van der Waals surface area (Å²) >= 11 is 1.27. The molecule has 0 saturated heterocycles. The predicted octanol–water partition coefficient (Wildman–Crippen LogP) is 8.02. The summed E-state index contributed by atoms with van der Waals surface area (Å²) in [6.45, 7) is 5.62. The summed E-state index contributed by atoms with van der Waals surface area (Å²) in [7, 11) is 0. The fourth-order valence-electron chi connectivity index (χ4n) is 5.67. The Morgan fingerprint density at radius 3 is 2.31 bits per heavy atom. The molecule has 2 N–H and O–H groups in total. The second-order valence-electron chi connectivity index (χ2n) is 12.0. The van der Waals surface area contributed by atoms with Gasteiger partial charge in [0, 0.05) is 18.7 Å². The molecule has 45 heavy (non-hydrogen) atoms. The van der Waals surface area contributed by atoms with Crippen molar-refractivity contribution in [3.8, 4) is 11.5 Å². The number of anilines is 3. The van der Waals surface area contributed by atoms with Crippen molar-refractivity contribution >= 4 is 83.5 Å². The Hall–Kier alpha value is -3.74. The Morgan fingerprint density at radius 1 is 0.978 bits per heavy atom. The lowest BCUT2D eigenvalue weighted by Gasteiger charge is -2.30. The first-order valence-electron chi connectivity index (χ1n) is 14.5. The third-order valence-corrected chi connectivity index (χ3v) is 8.68. The minimum atomic E-state index is -0.490. The van der Waals surface area contributed by atoms with Gasteiger partial charge in [0.2, 0.25) is 0 Å². The van der Waals surface area contributed by atoms with Gasteiger partial charge < -0.3 is 20.1 Å². The van der Waals surface area contributed by atoms with Crippen molar-refractivity contribution in [3.05, 3.63) is 71.7 Å². The molecule has 0 radical (unpaired) electrons. The van der Waals surface area contributed by atoms with Gasteiger partial charge >= 0.3 is 12.0 Å². The molecule has 12 heteroatoms. The quantitative estimate of drug-likeness (QED) is 0.193. The summed E-state index contributed by atoms with van der Waals surface area (Å²) in [5.74, 6) is 1.24. The Balaban J connectivity index is 0.00000230. The lowest BCUT2D eigenvalue weighted by Crippen LogP contribution is -2.39. The van der Waals surface area contributed by atoms with Crippen molar-refractivity contribution in [2.24, 2.45) is 5.92 Å². The highest BCUT2D eigenvalue weighted by Gasteiger charge is 2.34. The Kier molecular flexibility index (Phi) is 10.7. The van der Waals surface area contributed by atoms with Crippen molar-refractivity contribution in [2.75, 3.05) is 10.2 Å². The number of carbonyl (C=O) groups is 3. The van der Waals surface area contributed by atoms with Crippen molar-refractivity contribution in [1.29, 1.82) is 0 Å². The van der Waals surface area contributed by atoms with Crippen LogP contribution in [0.5, 0.6) is 11.5 Å². The van der Waals surface area contributed by atoms with Gasteiger partial charge in [-0.1, -0.05) is 18.2 Å². The minimum Gasteiger partial charge on any atom is -0.460 e. The van der Waals surface area contributed by atoms with Gasteiger partial charge in [-0.2, -0.15) is 27.0 Å². The lowest BCUT2D eigenvalue weighted by molar-refractivity contribution is -0.156. The zero-order valence-corrected chi connectivity index (χ0v) is 28.2. The predicted molar refractivity (Wildman–Crippen MR) is 188 cm³/mol. The topological polar surface area (TPSA) is 110 Å². The fourth-order valence-corrected chi connectivity index (χ4v) is 6.69. The molecule has 4 aromatic rings. The molecule has 9 nitrogen and oxygen atoms in total. The number of nitrogens with one attached hydrogen (secondary N) is 2. The molecule has 2 aliphatic rings. The van der Waals surface area contributed by atoms with Crippen LogP contribution in [-0.2, 0) is 9.53 Å². The van der Waals surface area contributed by atoms with Crippen LogP contribution in [-0.4, -0.2) is 34.5 Å². The van der Waals surface area contributed by atoms with E-state index in [0.717, 1.165) is 36.8 Å². The molecule has 1 aliphatic heterocycles. The maximum atomic E-state index is 13.5. The van der Waals surface area contributed by atoms with Crippen LogP contribution in [0.3, 0.4) is 0 Å². The number of urea groups is 1. The number of ether oxygens (including phenoxy) is 2. The summed E-state index contributed by atoms with van der Waals surface area (Å²) in [5.41, 5.74) is 1.33. The Morgan fingerprint density at radius 2 is 1.64 bits per heavy atom. The van der Waals surface area contributed by atoms with Crippen molar-refractivity contribution in [2.45, 2.75) is 64.5 Å². The van der Waals surface area contributed by atoms with Crippen LogP contribution >= 0.6 is 38.3 Å². The number of amides is 3. The molecule has 0 unspecified atom stereocenters. The number of hydrogen-bond acceptors (Lipinski definition) is 7. The van der Waals surface area contributed by atoms with Crippen molar-refractivity contribution < 1.29 is 23.9 Å². The number of aromatic nitrogens is 1. The largest absolute Gasteiger partial charge is 0.460 e. The fraction of sp³-hybridized carbons (Fsp3) is 0.333. The van der Waals surface area contributed by atoms with Gasteiger partial charge in [0.1, 0.15) is 26.8 Å². The Labute approximate surface area is 280 Å². The third-order valence-electron chi connectivity index (χ3n) is 7.58. The normalized spacial score (nSPS) is 17.4. The molecule has 0 bridgehead atoms. The van der Waals surface area contributed by atoms with Crippen molar-refractivity contribution in [3.63, 3.8) is 0 Å². The summed E-state index contributed by atoms with van der Waals surface area (Å²) < 4.78 is 11.4. The average molecular weight is 667 g/mol. The highest BCUT2D eigenvalue weighted by atomic mass is 32.1. The number of hydrogen-bond donors (Lipinski definition) is 2. The number of carbonyl (C=O) groups excluding carboxylic acids is 3. The molecule has 238 valence electrons. The monoisotopic (exact) mass is 666 g/mol. The van der Waals surface area contributed by atoms with Gasteiger partial charge in [-0.3, -0.25) is 14.5 Å². The second kappa shape index (κ2) is 14.1. The SMILES string of the molecule is CC(C)(C)OC(=O)CC1CCC(NC(=O)c2sc3nccc4c3c2NC(=O)N4c2ccc(Oc3ccccc3)cc2)CC1.S.S. The van der Waals surface area contributed by atoms with E-state index in [1.54, 1.807) is 17.2 Å². The number of pyridine rings is 1. The summed E-state index contributed by atoms with van der Waals surface area (Å²) in [6.07, 6.45) is 5.31.